The van der Waals surface area contributed by atoms with E-state index in [4.69, 9.17) is 25.3 Å². The summed E-state index contributed by atoms with van der Waals surface area (Å²) in [7, 11) is -13.4. The van der Waals surface area contributed by atoms with Gasteiger partial charge in [0.25, 0.3) is 0 Å². The van der Waals surface area contributed by atoms with Crippen LogP contribution in [0.4, 0.5) is 0 Å². The summed E-state index contributed by atoms with van der Waals surface area (Å²) in [6, 6.07) is 0. The monoisotopic (exact) mass is 472 g/mol. The second-order valence-electron chi connectivity index (χ2n) is 10.1. The predicted molar refractivity (Wildman–Crippen MR) is 121 cm³/mol. The molecule has 0 aromatic carbocycles. The Kier molecular flexibility index (Phi) is 7.78. The first-order valence-electron chi connectivity index (χ1n) is 9.33. The molecule has 1 saturated heterocycles. The molecule has 0 spiro atoms. The molecule has 1 aliphatic rings. The van der Waals surface area contributed by atoms with Crippen molar-refractivity contribution >= 4 is 50.9 Å². The molecular weight excluding hydrogens is 433 g/mol. The van der Waals surface area contributed by atoms with Crippen LogP contribution in [0.1, 0.15) is 0 Å². The van der Waals surface area contributed by atoms with E-state index in [-0.39, 0.29) is 0 Å². The van der Waals surface area contributed by atoms with Gasteiger partial charge in [0.1, 0.15) is 0 Å². The standard InChI is InChI=1S/C14H40O6Si6/c1-21(2)14-16-23(5,6)18-25(9,10)20-26(11,12)19-24(7,8)17-22(3,4)13-15-21/h13-14H2,1-12H3. The summed E-state index contributed by atoms with van der Waals surface area (Å²) < 4.78 is 38.6. The molecule has 0 N–H and O–H groups in total. The van der Waals surface area contributed by atoms with E-state index in [1.807, 2.05) is 0 Å². The fourth-order valence-electron chi connectivity index (χ4n) is 3.32. The largest absolute Gasteiger partial charge is 0.435 e. The highest BCUT2D eigenvalue weighted by Crippen LogP contribution is 2.27. The quantitative estimate of drug-likeness (QED) is 0.487. The van der Waals surface area contributed by atoms with Crippen molar-refractivity contribution in [1.82, 2.24) is 0 Å². The van der Waals surface area contributed by atoms with Crippen LogP contribution in [0.15, 0.2) is 0 Å². The smallest absolute Gasteiger partial charge is 0.322 e. The first-order valence-corrected chi connectivity index (χ1v) is 26.8. The summed E-state index contributed by atoms with van der Waals surface area (Å²) >= 11 is 0. The van der Waals surface area contributed by atoms with Gasteiger partial charge in [-0.05, 0) is 78.6 Å². The van der Waals surface area contributed by atoms with E-state index >= 15 is 0 Å². The molecule has 1 rings (SSSR count). The molecular formula is C14H40O6Si6. The number of rotatable bonds is 0. The molecule has 0 aromatic heterocycles. The van der Waals surface area contributed by atoms with Crippen LogP contribution in [0.5, 0.6) is 0 Å². The Morgan fingerprint density at radius 3 is 1.19 bits per heavy atom. The minimum absolute atomic E-state index is 0.638. The van der Waals surface area contributed by atoms with E-state index in [0.29, 0.717) is 12.5 Å². The lowest BCUT2D eigenvalue weighted by Gasteiger charge is -2.43. The summed E-state index contributed by atoms with van der Waals surface area (Å²) in [5.74, 6) is 0. The van der Waals surface area contributed by atoms with Crippen molar-refractivity contribution in [2.24, 2.45) is 0 Å². The maximum atomic E-state index is 6.56. The van der Waals surface area contributed by atoms with Crippen molar-refractivity contribution < 1.29 is 25.3 Å². The molecule has 1 aliphatic heterocycles. The van der Waals surface area contributed by atoms with E-state index in [1.54, 1.807) is 0 Å². The molecule has 0 aliphatic carbocycles. The lowest BCUT2D eigenvalue weighted by atomic mass is 11.7. The SMILES string of the molecule is C[Si]1(C)CO[Si](C)(C)O[Si](C)(C)O[Si](C)(C)O[Si](C)(C)O[Si](C)(C)CO1. The number of hydrogen-bond acceptors (Lipinski definition) is 6. The van der Waals surface area contributed by atoms with Crippen LogP contribution in [0, 0.1) is 0 Å². The van der Waals surface area contributed by atoms with Crippen molar-refractivity contribution in [3.63, 3.8) is 0 Å². The van der Waals surface area contributed by atoms with Gasteiger partial charge in [-0.1, -0.05) is 0 Å². The minimum Gasteiger partial charge on any atom is -0.435 e. The minimum atomic E-state index is -2.39. The Morgan fingerprint density at radius 1 is 0.385 bits per heavy atom. The third-order valence-corrected chi connectivity index (χ3v) is 23.6. The Hall–Kier alpha value is 1.06. The van der Waals surface area contributed by atoms with Crippen molar-refractivity contribution in [2.75, 3.05) is 12.5 Å². The Balaban J connectivity index is 3.15. The zero-order valence-electron chi connectivity index (χ0n) is 18.9. The zero-order valence-corrected chi connectivity index (χ0v) is 24.9. The van der Waals surface area contributed by atoms with Gasteiger partial charge >= 0.3 is 34.2 Å². The van der Waals surface area contributed by atoms with Crippen LogP contribution in [-0.4, -0.2) is 63.3 Å². The average Bonchev–Trinajstić information content (AvgIpc) is 2.27. The highest BCUT2D eigenvalue weighted by atomic mass is 28.5. The topological polar surface area (TPSA) is 55.4 Å². The molecule has 156 valence electrons. The molecule has 0 bridgehead atoms. The van der Waals surface area contributed by atoms with Gasteiger partial charge in [-0.3, -0.25) is 0 Å². The third-order valence-electron chi connectivity index (χ3n) is 3.57. The summed E-state index contributed by atoms with van der Waals surface area (Å²) in [5, 5.41) is 0. The average molecular weight is 473 g/mol. The van der Waals surface area contributed by atoms with Crippen molar-refractivity contribution in [3.8, 4) is 0 Å². The fourth-order valence-corrected chi connectivity index (χ4v) is 30.8. The Morgan fingerprint density at radius 2 is 0.731 bits per heavy atom. The normalized spacial score (nSPS) is 30.9. The lowest BCUT2D eigenvalue weighted by molar-refractivity contribution is 0.224. The van der Waals surface area contributed by atoms with Gasteiger partial charge in [0.2, 0.25) is 8.32 Å². The van der Waals surface area contributed by atoms with Crippen LogP contribution in [-0.2, 0) is 25.3 Å². The molecule has 0 unspecified atom stereocenters. The van der Waals surface area contributed by atoms with Gasteiger partial charge < -0.3 is 25.3 Å². The second-order valence-corrected chi connectivity index (χ2v) is 32.8. The van der Waals surface area contributed by atoms with Gasteiger partial charge in [0.05, 0.1) is 12.5 Å². The molecule has 1 fully saturated rings. The van der Waals surface area contributed by atoms with Crippen LogP contribution >= 0.6 is 0 Å². The lowest BCUT2D eigenvalue weighted by Crippen LogP contribution is -2.61. The molecule has 6 nitrogen and oxygen atoms in total. The molecule has 0 aromatic rings. The summed E-state index contributed by atoms with van der Waals surface area (Å²) in [5.41, 5.74) is 0. The molecule has 0 radical (unpaired) electrons. The van der Waals surface area contributed by atoms with E-state index in [2.05, 4.69) is 78.6 Å². The zero-order chi connectivity index (χ0) is 20.7. The van der Waals surface area contributed by atoms with Gasteiger partial charge in [0.15, 0.2) is 8.32 Å². The van der Waals surface area contributed by atoms with Crippen molar-refractivity contribution in [3.05, 3.63) is 0 Å². The Bertz CT molecular complexity index is 454. The fraction of sp³-hybridized carbons (Fsp3) is 1.00. The maximum absolute atomic E-state index is 6.56. The van der Waals surface area contributed by atoms with E-state index in [0.717, 1.165) is 0 Å². The van der Waals surface area contributed by atoms with E-state index in [1.165, 1.54) is 0 Å². The molecule has 1 heterocycles. The highest BCUT2D eigenvalue weighted by molar-refractivity contribution is 6.90. The summed E-state index contributed by atoms with van der Waals surface area (Å²) in [6.45, 7) is 25.6. The molecule has 0 saturated carbocycles. The van der Waals surface area contributed by atoms with Crippen molar-refractivity contribution in [2.45, 2.75) is 78.6 Å². The van der Waals surface area contributed by atoms with Gasteiger partial charge in [-0.15, -0.1) is 0 Å². The molecule has 0 amide bonds. The first-order chi connectivity index (χ1) is 11.2. The Labute approximate surface area is 167 Å². The summed E-state index contributed by atoms with van der Waals surface area (Å²) in [6.07, 6.45) is 1.31. The third kappa shape index (κ3) is 9.51. The summed E-state index contributed by atoms with van der Waals surface area (Å²) in [4.78, 5) is 0. The van der Waals surface area contributed by atoms with Crippen LogP contribution in [0.25, 0.3) is 0 Å². The first kappa shape index (κ1) is 25.1. The number of hydrogen-bond donors (Lipinski definition) is 0. The molecule has 12 heteroatoms. The molecule has 0 atom stereocenters. The van der Waals surface area contributed by atoms with E-state index in [9.17, 15) is 0 Å². The van der Waals surface area contributed by atoms with Gasteiger partial charge in [-0.2, -0.15) is 0 Å². The van der Waals surface area contributed by atoms with Gasteiger partial charge in [0, 0.05) is 0 Å². The van der Waals surface area contributed by atoms with Crippen LogP contribution in [0.3, 0.4) is 0 Å². The highest BCUT2D eigenvalue weighted by Gasteiger charge is 2.47. The van der Waals surface area contributed by atoms with Crippen molar-refractivity contribution in [1.29, 1.82) is 0 Å². The van der Waals surface area contributed by atoms with Crippen LogP contribution in [0.2, 0.25) is 78.6 Å². The second kappa shape index (κ2) is 8.06. The predicted octanol–water partition coefficient (Wildman–Crippen LogP) is 4.40. The maximum Gasteiger partial charge on any atom is 0.322 e. The van der Waals surface area contributed by atoms with E-state index < -0.39 is 50.9 Å². The molecule has 26 heavy (non-hydrogen) atoms. The van der Waals surface area contributed by atoms with Crippen LogP contribution < -0.4 is 0 Å². The van der Waals surface area contributed by atoms with Gasteiger partial charge in [-0.25, -0.2) is 0 Å².